The van der Waals surface area contributed by atoms with Gasteiger partial charge in [0.1, 0.15) is 0 Å². The molecule has 5 nitrogen and oxygen atoms in total. The van der Waals surface area contributed by atoms with Gasteiger partial charge in [0.15, 0.2) is 10.8 Å². The lowest BCUT2D eigenvalue weighted by atomic mass is 9.96. The zero-order chi connectivity index (χ0) is 13.0. The van der Waals surface area contributed by atoms with Crippen molar-refractivity contribution in [3.63, 3.8) is 0 Å². The molecule has 0 fully saturated rings. The number of nitrogens with two attached hydrogens (primary N) is 1. The van der Waals surface area contributed by atoms with Crippen LogP contribution in [0.2, 0.25) is 0 Å². The number of anilines is 1. The molecule has 7 heteroatoms. The van der Waals surface area contributed by atoms with Crippen molar-refractivity contribution in [1.82, 2.24) is 19.8 Å². The number of fused-ring (bicyclic) bond motifs is 2. The largest absolute Gasteiger partial charge is 0.390 e. The van der Waals surface area contributed by atoms with Crippen LogP contribution in [0.1, 0.15) is 29.1 Å². The van der Waals surface area contributed by atoms with Crippen molar-refractivity contribution in [3.8, 4) is 10.6 Å². The predicted molar refractivity (Wildman–Crippen MR) is 77.8 cm³/mol. The summed E-state index contributed by atoms with van der Waals surface area (Å²) in [6.45, 7) is 1.91. The summed E-state index contributed by atoms with van der Waals surface area (Å²) in [5, 5.41) is 14.6. The maximum Gasteiger partial charge on any atom is 0.234 e. The Hall–Kier alpha value is -1.47. The molecular formula is C12H13N5S2. The molecule has 0 spiro atoms. The van der Waals surface area contributed by atoms with E-state index in [9.17, 15) is 0 Å². The summed E-state index contributed by atoms with van der Waals surface area (Å²) in [5.74, 6) is 0.820. The van der Waals surface area contributed by atoms with E-state index in [1.54, 1.807) is 27.2 Å². The van der Waals surface area contributed by atoms with Crippen molar-refractivity contribution in [2.24, 2.45) is 0 Å². The van der Waals surface area contributed by atoms with Crippen molar-refractivity contribution in [1.29, 1.82) is 0 Å². The number of aromatic nitrogens is 4. The summed E-state index contributed by atoms with van der Waals surface area (Å²) in [5.41, 5.74) is 8.78. The molecule has 0 aromatic carbocycles. The lowest BCUT2D eigenvalue weighted by Gasteiger charge is -2.11. The quantitative estimate of drug-likeness (QED) is 0.748. The molecule has 0 unspecified atom stereocenters. The molecule has 3 aromatic heterocycles. The lowest BCUT2D eigenvalue weighted by molar-refractivity contribution is 0.698. The van der Waals surface area contributed by atoms with E-state index in [1.165, 1.54) is 23.3 Å². The first-order chi connectivity index (χ1) is 9.24. The fourth-order valence-corrected chi connectivity index (χ4v) is 4.83. The van der Waals surface area contributed by atoms with Crippen LogP contribution in [0.4, 0.5) is 5.00 Å². The van der Waals surface area contributed by atoms with Crippen LogP contribution in [0, 0.1) is 6.92 Å². The monoisotopic (exact) mass is 291 g/mol. The van der Waals surface area contributed by atoms with Gasteiger partial charge in [0.25, 0.3) is 0 Å². The smallest absolute Gasteiger partial charge is 0.234 e. The molecule has 0 saturated carbocycles. The average molecular weight is 291 g/mol. The van der Waals surface area contributed by atoms with Crippen LogP contribution in [-0.2, 0) is 12.8 Å². The molecular weight excluding hydrogens is 278 g/mol. The summed E-state index contributed by atoms with van der Waals surface area (Å²) in [6.07, 6.45) is 4.81. The highest BCUT2D eigenvalue weighted by atomic mass is 32.1. The standard InChI is InChI=1S/C12H13N5S2/c1-6-14-15-12-17(6)16-11(19-12)9-7-4-2-3-5-8(7)18-10(9)13/h2-5,13H2,1H3. The number of nitrogen functional groups attached to an aromatic ring is 1. The Morgan fingerprint density at radius 1 is 1.16 bits per heavy atom. The van der Waals surface area contributed by atoms with E-state index < -0.39 is 0 Å². The van der Waals surface area contributed by atoms with Gasteiger partial charge < -0.3 is 5.73 Å². The molecule has 0 amide bonds. The second-order valence-electron chi connectivity index (χ2n) is 4.80. The fourth-order valence-electron chi connectivity index (χ4n) is 2.64. The van der Waals surface area contributed by atoms with Crippen LogP contribution in [0.3, 0.4) is 0 Å². The van der Waals surface area contributed by atoms with Gasteiger partial charge in [0.2, 0.25) is 4.96 Å². The molecule has 2 N–H and O–H groups in total. The molecule has 0 bridgehead atoms. The third-order valence-corrected chi connectivity index (χ3v) is 5.60. The number of thiophene rings is 1. The molecule has 98 valence electrons. The minimum absolute atomic E-state index is 0.820. The molecule has 4 rings (SSSR count). The van der Waals surface area contributed by atoms with E-state index in [-0.39, 0.29) is 0 Å². The lowest BCUT2D eigenvalue weighted by Crippen LogP contribution is -2.00. The molecule has 0 atom stereocenters. The van der Waals surface area contributed by atoms with Gasteiger partial charge in [0.05, 0.1) is 10.6 Å². The van der Waals surface area contributed by atoms with Gasteiger partial charge in [-0.05, 0) is 38.2 Å². The highest BCUT2D eigenvalue weighted by Gasteiger charge is 2.23. The van der Waals surface area contributed by atoms with Crippen LogP contribution >= 0.6 is 22.7 Å². The minimum atomic E-state index is 0.820. The Morgan fingerprint density at radius 3 is 2.84 bits per heavy atom. The Bertz CT molecular complexity index is 767. The first-order valence-corrected chi connectivity index (χ1v) is 7.96. The number of hydrogen-bond acceptors (Lipinski definition) is 6. The number of hydrogen-bond donors (Lipinski definition) is 1. The minimum Gasteiger partial charge on any atom is -0.390 e. The van der Waals surface area contributed by atoms with Gasteiger partial charge >= 0.3 is 0 Å². The highest BCUT2D eigenvalue weighted by Crippen LogP contribution is 2.43. The van der Waals surface area contributed by atoms with Crippen LogP contribution < -0.4 is 5.73 Å². The second-order valence-corrected chi connectivity index (χ2v) is 6.89. The van der Waals surface area contributed by atoms with E-state index in [0.29, 0.717) is 0 Å². The van der Waals surface area contributed by atoms with Crippen molar-refractivity contribution < 1.29 is 0 Å². The fraction of sp³-hybridized carbons (Fsp3) is 0.417. The van der Waals surface area contributed by atoms with Gasteiger partial charge in [-0.1, -0.05) is 11.3 Å². The van der Waals surface area contributed by atoms with Crippen molar-refractivity contribution >= 4 is 32.6 Å². The molecule has 3 aromatic rings. The Labute approximate surface area is 118 Å². The molecule has 1 aliphatic rings. The summed E-state index contributed by atoms with van der Waals surface area (Å²) in [4.78, 5) is 2.28. The van der Waals surface area contributed by atoms with E-state index in [2.05, 4.69) is 15.3 Å². The van der Waals surface area contributed by atoms with E-state index in [4.69, 9.17) is 5.73 Å². The Balaban J connectivity index is 1.93. The average Bonchev–Trinajstić information content (AvgIpc) is 3.03. The molecule has 1 aliphatic carbocycles. The number of aryl methyl sites for hydroxylation is 2. The first kappa shape index (κ1) is 11.4. The summed E-state index contributed by atoms with van der Waals surface area (Å²) >= 11 is 3.30. The van der Waals surface area contributed by atoms with Gasteiger partial charge in [-0.3, -0.25) is 0 Å². The Morgan fingerprint density at radius 2 is 2.00 bits per heavy atom. The van der Waals surface area contributed by atoms with Crippen molar-refractivity contribution in [2.75, 3.05) is 5.73 Å². The van der Waals surface area contributed by atoms with E-state index >= 15 is 0 Å². The molecule has 0 aliphatic heterocycles. The second kappa shape index (κ2) is 4.01. The normalized spacial score (nSPS) is 15.0. The summed E-state index contributed by atoms with van der Waals surface area (Å²) < 4.78 is 1.80. The first-order valence-electron chi connectivity index (χ1n) is 6.33. The van der Waals surface area contributed by atoms with Crippen molar-refractivity contribution in [3.05, 3.63) is 16.3 Å². The van der Waals surface area contributed by atoms with Gasteiger partial charge in [-0.25, -0.2) is 0 Å². The van der Waals surface area contributed by atoms with E-state index in [0.717, 1.165) is 39.2 Å². The third-order valence-electron chi connectivity index (χ3n) is 3.56. The molecule has 3 heterocycles. The van der Waals surface area contributed by atoms with Crippen LogP contribution in [-0.4, -0.2) is 19.8 Å². The predicted octanol–water partition coefficient (Wildman–Crippen LogP) is 2.68. The Kier molecular flexibility index (Phi) is 2.40. The SMILES string of the molecule is Cc1nnc2sc(-c3c(N)sc4c3CCCC4)nn12. The van der Waals surface area contributed by atoms with Crippen molar-refractivity contribution in [2.45, 2.75) is 32.6 Å². The topological polar surface area (TPSA) is 69.1 Å². The highest BCUT2D eigenvalue weighted by molar-refractivity contribution is 7.21. The summed E-state index contributed by atoms with van der Waals surface area (Å²) in [6, 6.07) is 0. The third kappa shape index (κ3) is 1.61. The van der Waals surface area contributed by atoms with Gasteiger partial charge in [-0.2, -0.15) is 9.61 Å². The molecule has 0 radical (unpaired) electrons. The zero-order valence-electron chi connectivity index (χ0n) is 10.5. The van der Waals surface area contributed by atoms with Gasteiger partial charge in [-0.15, -0.1) is 21.5 Å². The van der Waals surface area contributed by atoms with Crippen LogP contribution in [0.25, 0.3) is 15.5 Å². The number of rotatable bonds is 1. The van der Waals surface area contributed by atoms with Crippen LogP contribution in [0.15, 0.2) is 0 Å². The summed E-state index contributed by atoms with van der Waals surface area (Å²) in [7, 11) is 0. The maximum absolute atomic E-state index is 6.22. The maximum atomic E-state index is 6.22. The van der Waals surface area contributed by atoms with E-state index in [1.807, 2.05) is 6.92 Å². The van der Waals surface area contributed by atoms with Gasteiger partial charge in [0, 0.05) is 4.88 Å². The molecule has 0 saturated heterocycles. The zero-order valence-corrected chi connectivity index (χ0v) is 12.1. The van der Waals surface area contributed by atoms with Crippen LogP contribution in [0.5, 0.6) is 0 Å². The number of nitrogens with zero attached hydrogens (tertiary/aromatic N) is 4. The molecule has 19 heavy (non-hydrogen) atoms.